The number of anilines is 3. The van der Waals surface area contributed by atoms with E-state index in [0.29, 0.717) is 5.84 Å². The van der Waals surface area contributed by atoms with Crippen molar-refractivity contribution in [1.29, 1.82) is 0 Å². The van der Waals surface area contributed by atoms with Crippen molar-refractivity contribution in [1.82, 2.24) is 9.38 Å². The van der Waals surface area contributed by atoms with Gasteiger partial charge < -0.3 is 14.1 Å². The molecule has 2 aromatic heterocycles. The number of hydrogen-bond acceptors (Lipinski definition) is 4. The average molecular weight is 570 g/mol. The van der Waals surface area contributed by atoms with Gasteiger partial charge in [-0.25, -0.2) is 0 Å². The number of hydrogen-bond donors (Lipinski definition) is 0. The zero-order chi connectivity index (χ0) is 29.3. The molecule has 2 heterocycles. The van der Waals surface area contributed by atoms with Crippen molar-refractivity contribution in [2.45, 2.75) is 0 Å². The van der Waals surface area contributed by atoms with E-state index in [1.807, 2.05) is 84.9 Å². The summed E-state index contributed by atoms with van der Waals surface area (Å²) in [6, 6.07) is 55.4. The summed E-state index contributed by atoms with van der Waals surface area (Å²) in [4.78, 5) is 7.27. The van der Waals surface area contributed by atoms with Crippen molar-refractivity contribution in [3.05, 3.63) is 164 Å². The van der Waals surface area contributed by atoms with Crippen molar-refractivity contribution < 1.29 is 9.15 Å². The minimum absolute atomic E-state index is 0.556. The second-order valence-corrected chi connectivity index (χ2v) is 10.5. The number of para-hydroxylation sites is 5. The molecule has 0 amide bonds. The molecule has 0 unspecified atom stereocenters. The van der Waals surface area contributed by atoms with Gasteiger partial charge in [-0.15, -0.1) is 0 Å². The molecule has 5 heteroatoms. The maximum atomic E-state index is 6.22. The molecular formula is C39H27N3O2. The van der Waals surface area contributed by atoms with Crippen LogP contribution in [0, 0.1) is 0 Å². The minimum atomic E-state index is 0.556. The van der Waals surface area contributed by atoms with E-state index in [4.69, 9.17) is 14.1 Å². The highest BCUT2D eigenvalue weighted by Gasteiger charge is 2.22. The first-order chi connectivity index (χ1) is 21.8. The van der Waals surface area contributed by atoms with Crippen LogP contribution in [0.2, 0.25) is 0 Å². The van der Waals surface area contributed by atoms with Gasteiger partial charge in [0.25, 0.3) is 0 Å². The fourth-order valence-corrected chi connectivity index (χ4v) is 5.66. The SMILES string of the molecule is c1ccc(Oc2ccc(-c3nc4oc5ccccc5n4c3-c3ccc(N(c4ccccc4)c4ccccc4)cc3)cc2)cc1. The Morgan fingerprint density at radius 1 is 0.500 bits per heavy atom. The van der Waals surface area contributed by atoms with Crippen molar-refractivity contribution in [3.8, 4) is 34.0 Å². The summed E-state index contributed by atoms with van der Waals surface area (Å²) < 4.78 is 14.4. The molecule has 0 saturated carbocycles. The Bertz CT molecular complexity index is 2130. The molecule has 0 spiro atoms. The number of benzene rings is 6. The van der Waals surface area contributed by atoms with Crippen LogP contribution in [0.5, 0.6) is 11.5 Å². The van der Waals surface area contributed by atoms with Crippen LogP contribution < -0.4 is 9.64 Å². The lowest BCUT2D eigenvalue weighted by molar-refractivity contribution is 0.483. The van der Waals surface area contributed by atoms with Gasteiger partial charge in [-0.1, -0.05) is 78.9 Å². The van der Waals surface area contributed by atoms with Crippen molar-refractivity contribution in [2.24, 2.45) is 0 Å². The number of fused-ring (bicyclic) bond motifs is 3. The van der Waals surface area contributed by atoms with Crippen LogP contribution in [-0.4, -0.2) is 9.38 Å². The Morgan fingerprint density at radius 2 is 1.02 bits per heavy atom. The molecule has 5 nitrogen and oxygen atoms in total. The standard InChI is InChI=1S/C39H27N3O2/c1-4-12-30(13-5-1)41(31-14-6-2-7-15-31)32-24-20-29(21-25-32)38-37(40-39-42(38)35-18-10-11-19-36(35)44-39)28-22-26-34(27-23-28)43-33-16-8-3-9-17-33/h1-27H. The zero-order valence-electron chi connectivity index (χ0n) is 23.7. The Hall–Kier alpha value is -6.07. The van der Waals surface area contributed by atoms with Crippen LogP contribution in [0.4, 0.5) is 17.1 Å². The highest BCUT2D eigenvalue weighted by molar-refractivity contribution is 5.88. The first-order valence-corrected chi connectivity index (χ1v) is 14.6. The topological polar surface area (TPSA) is 42.9 Å². The lowest BCUT2D eigenvalue weighted by atomic mass is 10.0. The number of aromatic nitrogens is 2. The number of imidazole rings is 1. The quantitative estimate of drug-likeness (QED) is 0.191. The number of rotatable bonds is 7. The zero-order valence-corrected chi connectivity index (χ0v) is 23.7. The Balaban J connectivity index is 1.23. The normalized spacial score (nSPS) is 11.2. The van der Waals surface area contributed by atoms with Crippen molar-refractivity contribution in [3.63, 3.8) is 0 Å². The van der Waals surface area contributed by atoms with Gasteiger partial charge in [-0.2, -0.15) is 4.98 Å². The fourth-order valence-electron chi connectivity index (χ4n) is 5.66. The van der Waals surface area contributed by atoms with Gasteiger partial charge in [0.05, 0.1) is 11.2 Å². The molecule has 8 aromatic rings. The Morgan fingerprint density at radius 3 is 1.68 bits per heavy atom. The molecule has 8 rings (SSSR count). The monoisotopic (exact) mass is 569 g/mol. The predicted octanol–water partition coefficient (Wildman–Crippen LogP) is 10.7. The van der Waals surface area contributed by atoms with Gasteiger partial charge >= 0.3 is 5.84 Å². The lowest BCUT2D eigenvalue weighted by Gasteiger charge is -2.25. The number of ether oxygens (including phenoxy) is 1. The van der Waals surface area contributed by atoms with Gasteiger partial charge in [-0.05, 0) is 84.9 Å². The molecule has 0 bridgehead atoms. The third-order valence-corrected chi connectivity index (χ3v) is 7.69. The van der Waals surface area contributed by atoms with Crippen LogP contribution in [0.25, 0.3) is 39.5 Å². The van der Waals surface area contributed by atoms with Crippen LogP contribution in [0.3, 0.4) is 0 Å². The summed E-state index contributed by atoms with van der Waals surface area (Å²) >= 11 is 0. The summed E-state index contributed by atoms with van der Waals surface area (Å²) in [6.07, 6.45) is 0. The van der Waals surface area contributed by atoms with E-state index in [2.05, 4.69) is 88.2 Å². The first kappa shape index (κ1) is 25.6. The second kappa shape index (κ2) is 11.0. The van der Waals surface area contributed by atoms with E-state index in [9.17, 15) is 0 Å². The largest absolute Gasteiger partial charge is 0.457 e. The minimum Gasteiger partial charge on any atom is -0.457 e. The smallest absolute Gasteiger partial charge is 0.307 e. The molecule has 0 saturated heterocycles. The van der Waals surface area contributed by atoms with E-state index >= 15 is 0 Å². The average Bonchev–Trinajstić information content (AvgIpc) is 3.64. The van der Waals surface area contributed by atoms with E-state index in [1.165, 1.54) is 0 Å². The summed E-state index contributed by atoms with van der Waals surface area (Å²) in [5.74, 6) is 2.12. The fraction of sp³-hybridized carbons (Fsp3) is 0. The summed E-state index contributed by atoms with van der Waals surface area (Å²) in [6.45, 7) is 0. The molecule has 0 aliphatic heterocycles. The Kier molecular flexibility index (Phi) is 6.39. The molecule has 0 fully saturated rings. The third-order valence-electron chi connectivity index (χ3n) is 7.69. The molecule has 44 heavy (non-hydrogen) atoms. The van der Waals surface area contributed by atoms with Gasteiger partial charge in [0, 0.05) is 28.2 Å². The van der Waals surface area contributed by atoms with Gasteiger partial charge in [0.1, 0.15) is 17.2 Å². The maximum absolute atomic E-state index is 6.22. The van der Waals surface area contributed by atoms with E-state index in [0.717, 1.165) is 62.2 Å². The molecular weight excluding hydrogens is 542 g/mol. The lowest BCUT2D eigenvalue weighted by Crippen LogP contribution is -2.09. The highest BCUT2D eigenvalue weighted by Crippen LogP contribution is 2.39. The molecule has 0 N–H and O–H groups in total. The highest BCUT2D eigenvalue weighted by atomic mass is 16.5. The molecule has 6 aromatic carbocycles. The molecule has 0 aliphatic carbocycles. The van der Waals surface area contributed by atoms with Gasteiger partial charge in [-0.3, -0.25) is 4.40 Å². The number of oxazole rings is 1. The summed E-state index contributed by atoms with van der Waals surface area (Å²) in [7, 11) is 0. The Labute approximate surface area is 254 Å². The van der Waals surface area contributed by atoms with Crippen LogP contribution in [0.1, 0.15) is 0 Å². The van der Waals surface area contributed by atoms with Crippen LogP contribution >= 0.6 is 0 Å². The molecule has 0 aliphatic rings. The van der Waals surface area contributed by atoms with Crippen LogP contribution in [0.15, 0.2) is 168 Å². The van der Waals surface area contributed by atoms with Crippen molar-refractivity contribution >= 4 is 34.0 Å². The maximum Gasteiger partial charge on any atom is 0.307 e. The molecule has 0 atom stereocenters. The summed E-state index contributed by atoms with van der Waals surface area (Å²) in [5, 5.41) is 0. The molecule has 210 valence electrons. The van der Waals surface area contributed by atoms with E-state index in [1.54, 1.807) is 0 Å². The van der Waals surface area contributed by atoms with Crippen molar-refractivity contribution in [2.75, 3.05) is 4.90 Å². The first-order valence-electron chi connectivity index (χ1n) is 14.6. The van der Waals surface area contributed by atoms with Gasteiger partial charge in [0.2, 0.25) is 0 Å². The van der Waals surface area contributed by atoms with Crippen LogP contribution in [-0.2, 0) is 0 Å². The van der Waals surface area contributed by atoms with E-state index < -0.39 is 0 Å². The molecule has 0 radical (unpaired) electrons. The van der Waals surface area contributed by atoms with E-state index in [-0.39, 0.29) is 0 Å². The predicted molar refractivity (Wildman–Crippen MR) is 177 cm³/mol. The second-order valence-electron chi connectivity index (χ2n) is 10.5. The van der Waals surface area contributed by atoms with Gasteiger partial charge in [0.15, 0.2) is 5.58 Å². The third kappa shape index (κ3) is 4.67. The number of nitrogens with zero attached hydrogens (tertiary/aromatic N) is 3. The summed E-state index contributed by atoms with van der Waals surface area (Å²) in [5.41, 5.74) is 8.85.